The van der Waals surface area contributed by atoms with Gasteiger partial charge in [-0.25, -0.2) is 9.97 Å². The third-order valence-corrected chi connectivity index (χ3v) is 3.77. The van der Waals surface area contributed by atoms with Crippen molar-refractivity contribution in [3.05, 3.63) is 60.7 Å². The van der Waals surface area contributed by atoms with E-state index in [1.54, 1.807) is 12.5 Å². The van der Waals surface area contributed by atoms with Crippen LogP contribution < -0.4 is 4.90 Å². The summed E-state index contributed by atoms with van der Waals surface area (Å²) in [7, 11) is 0. The Labute approximate surface area is 124 Å². The Bertz CT molecular complexity index is 722. The van der Waals surface area contributed by atoms with Gasteiger partial charge >= 0.3 is 0 Å². The molecule has 0 spiro atoms. The van der Waals surface area contributed by atoms with Gasteiger partial charge in [0.05, 0.1) is 11.6 Å². The maximum atomic E-state index is 4.52. The molecule has 0 bridgehead atoms. The number of para-hydroxylation sites is 1. The largest absolute Gasteiger partial charge is 0.349 e. The number of hydrogen-bond acceptors (Lipinski definition) is 4. The summed E-state index contributed by atoms with van der Waals surface area (Å²) in [4.78, 5) is 15.4. The Morgan fingerprint density at radius 3 is 2.71 bits per heavy atom. The Kier molecular flexibility index (Phi) is 3.77. The number of pyridine rings is 1. The highest BCUT2D eigenvalue weighted by Gasteiger charge is 2.18. The summed E-state index contributed by atoms with van der Waals surface area (Å²) in [5.74, 6) is 0.972. The summed E-state index contributed by atoms with van der Waals surface area (Å²) in [6.07, 6.45) is 5.35. The molecule has 3 aromatic rings. The molecule has 4 nitrogen and oxygen atoms in total. The molecule has 0 saturated carbocycles. The molecule has 1 atom stereocenters. The van der Waals surface area contributed by atoms with Crippen LogP contribution in [-0.4, -0.2) is 21.5 Å². The normalized spacial score (nSPS) is 12.3. The lowest BCUT2D eigenvalue weighted by Crippen LogP contribution is -2.27. The topological polar surface area (TPSA) is 41.9 Å². The van der Waals surface area contributed by atoms with Gasteiger partial charge < -0.3 is 4.90 Å². The number of rotatable bonds is 4. The molecule has 0 aliphatic heterocycles. The number of anilines is 1. The second-order valence-electron chi connectivity index (χ2n) is 4.96. The quantitative estimate of drug-likeness (QED) is 0.731. The van der Waals surface area contributed by atoms with Crippen LogP contribution in [0.5, 0.6) is 0 Å². The minimum Gasteiger partial charge on any atom is -0.349 e. The van der Waals surface area contributed by atoms with Crippen molar-refractivity contribution < 1.29 is 0 Å². The van der Waals surface area contributed by atoms with Crippen LogP contribution in [0.2, 0.25) is 0 Å². The van der Waals surface area contributed by atoms with E-state index in [1.807, 2.05) is 30.5 Å². The van der Waals surface area contributed by atoms with Crippen molar-refractivity contribution in [1.29, 1.82) is 0 Å². The smallest absolute Gasteiger partial charge is 0.140 e. The molecule has 2 heterocycles. The lowest BCUT2D eigenvalue weighted by atomic mass is 10.1. The average Bonchev–Trinajstić information content (AvgIpc) is 2.56. The van der Waals surface area contributed by atoms with Crippen molar-refractivity contribution in [1.82, 2.24) is 15.0 Å². The van der Waals surface area contributed by atoms with Crippen molar-refractivity contribution in [2.24, 2.45) is 0 Å². The van der Waals surface area contributed by atoms with Gasteiger partial charge in [-0.2, -0.15) is 0 Å². The van der Waals surface area contributed by atoms with Gasteiger partial charge in [0.2, 0.25) is 0 Å². The minimum absolute atomic E-state index is 0.210. The van der Waals surface area contributed by atoms with Crippen LogP contribution in [-0.2, 0) is 0 Å². The summed E-state index contributed by atoms with van der Waals surface area (Å²) < 4.78 is 0. The van der Waals surface area contributed by atoms with Gasteiger partial charge in [0, 0.05) is 24.3 Å². The zero-order chi connectivity index (χ0) is 14.7. The lowest BCUT2D eigenvalue weighted by molar-refractivity contribution is 0.679. The second kappa shape index (κ2) is 5.87. The Hall–Kier alpha value is -2.49. The third kappa shape index (κ3) is 2.57. The van der Waals surface area contributed by atoms with Crippen molar-refractivity contribution in [3.63, 3.8) is 0 Å². The van der Waals surface area contributed by atoms with Crippen LogP contribution in [0.4, 0.5) is 5.82 Å². The van der Waals surface area contributed by atoms with E-state index in [2.05, 4.69) is 45.8 Å². The molecule has 3 rings (SSSR count). The van der Waals surface area contributed by atoms with Crippen molar-refractivity contribution in [2.75, 3.05) is 11.4 Å². The highest BCUT2D eigenvalue weighted by molar-refractivity contribution is 5.89. The first kappa shape index (κ1) is 13.5. The molecular formula is C17H18N4. The first-order chi connectivity index (χ1) is 10.3. The van der Waals surface area contributed by atoms with Gasteiger partial charge in [-0.3, -0.25) is 4.98 Å². The van der Waals surface area contributed by atoms with Gasteiger partial charge in [-0.1, -0.05) is 18.2 Å². The van der Waals surface area contributed by atoms with Crippen LogP contribution in [0.1, 0.15) is 25.5 Å². The van der Waals surface area contributed by atoms with Crippen molar-refractivity contribution >= 4 is 16.7 Å². The number of aromatic nitrogens is 3. The fourth-order valence-electron chi connectivity index (χ4n) is 2.63. The van der Waals surface area contributed by atoms with E-state index >= 15 is 0 Å². The van der Waals surface area contributed by atoms with Gasteiger partial charge in [0.25, 0.3) is 0 Å². The molecule has 1 unspecified atom stereocenters. The zero-order valence-corrected chi connectivity index (χ0v) is 12.3. The monoisotopic (exact) mass is 278 g/mol. The van der Waals surface area contributed by atoms with Crippen molar-refractivity contribution in [2.45, 2.75) is 19.9 Å². The first-order valence-electron chi connectivity index (χ1n) is 7.17. The fraction of sp³-hybridized carbons (Fsp3) is 0.235. The molecular weight excluding hydrogens is 260 g/mol. The van der Waals surface area contributed by atoms with Crippen LogP contribution in [0.25, 0.3) is 10.9 Å². The van der Waals surface area contributed by atoms with Gasteiger partial charge in [-0.05, 0) is 37.6 Å². The summed E-state index contributed by atoms with van der Waals surface area (Å²) >= 11 is 0. The molecule has 0 aliphatic carbocycles. The summed E-state index contributed by atoms with van der Waals surface area (Å²) in [5.41, 5.74) is 2.15. The molecule has 0 amide bonds. The summed E-state index contributed by atoms with van der Waals surface area (Å²) in [5, 5.41) is 1.08. The molecule has 0 radical (unpaired) electrons. The van der Waals surface area contributed by atoms with E-state index in [1.165, 1.54) is 5.56 Å². The van der Waals surface area contributed by atoms with Gasteiger partial charge in [-0.15, -0.1) is 0 Å². The number of benzene rings is 1. The summed E-state index contributed by atoms with van der Waals surface area (Å²) in [6, 6.07) is 12.4. The molecule has 4 heteroatoms. The average molecular weight is 278 g/mol. The number of nitrogens with zero attached hydrogens (tertiary/aromatic N) is 4. The van der Waals surface area contributed by atoms with E-state index in [4.69, 9.17) is 0 Å². The number of hydrogen-bond donors (Lipinski definition) is 0. The first-order valence-corrected chi connectivity index (χ1v) is 7.17. The molecule has 0 fully saturated rings. The maximum Gasteiger partial charge on any atom is 0.140 e. The zero-order valence-electron chi connectivity index (χ0n) is 12.3. The standard InChI is InChI=1S/C17H18N4/c1-3-21(13(2)14-7-6-10-18-11-14)17-15-8-4-5-9-16(15)19-12-20-17/h4-13H,3H2,1-2H3. The molecule has 0 saturated heterocycles. The maximum absolute atomic E-state index is 4.52. The Morgan fingerprint density at radius 1 is 1.10 bits per heavy atom. The molecule has 0 N–H and O–H groups in total. The molecule has 2 aromatic heterocycles. The molecule has 1 aromatic carbocycles. The van der Waals surface area contributed by atoms with Crippen LogP contribution in [0.3, 0.4) is 0 Å². The predicted octanol–water partition coefficient (Wildman–Crippen LogP) is 3.61. The minimum atomic E-state index is 0.210. The third-order valence-electron chi connectivity index (χ3n) is 3.77. The van der Waals surface area contributed by atoms with E-state index in [9.17, 15) is 0 Å². The summed E-state index contributed by atoms with van der Waals surface area (Å²) in [6.45, 7) is 5.19. The second-order valence-corrected chi connectivity index (χ2v) is 4.96. The van der Waals surface area contributed by atoms with Crippen LogP contribution >= 0.6 is 0 Å². The van der Waals surface area contributed by atoms with E-state index in [0.29, 0.717) is 0 Å². The fourth-order valence-corrected chi connectivity index (χ4v) is 2.63. The Balaban J connectivity index is 2.06. The number of fused-ring (bicyclic) bond motifs is 1. The molecule has 21 heavy (non-hydrogen) atoms. The highest BCUT2D eigenvalue weighted by Crippen LogP contribution is 2.29. The predicted molar refractivity (Wildman–Crippen MR) is 85.2 cm³/mol. The SMILES string of the molecule is CCN(c1ncnc2ccccc12)C(C)c1cccnc1. The molecule has 106 valence electrons. The van der Waals surface area contributed by atoms with Gasteiger partial charge in [0.15, 0.2) is 0 Å². The molecule has 0 aliphatic rings. The van der Waals surface area contributed by atoms with Crippen molar-refractivity contribution in [3.8, 4) is 0 Å². The van der Waals surface area contributed by atoms with E-state index < -0.39 is 0 Å². The van der Waals surface area contributed by atoms with E-state index in [-0.39, 0.29) is 6.04 Å². The van der Waals surface area contributed by atoms with Crippen LogP contribution in [0, 0.1) is 0 Å². The van der Waals surface area contributed by atoms with Gasteiger partial charge in [0.1, 0.15) is 12.1 Å². The highest BCUT2D eigenvalue weighted by atomic mass is 15.2. The Morgan fingerprint density at radius 2 is 1.95 bits per heavy atom. The van der Waals surface area contributed by atoms with E-state index in [0.717, 1.165) is 23.3 Å². The lowest BCUT2D eigenvalue weighted by Gasteiger charge is -2.30. The van der Waals surface area contributed by atoms with Crippen LogP contribution in [0.15, 0.2) is 55.1 Å².